The first-order chi connectivity index (χ1) is 6.27. The molecule has 0 unspecified atom stereocenters. The minimum Gasteiger partial charge on any atom is -0.295 e. The molecule has 0 aromatic carbocycles. The third kappa shape index (κ3) is 10.9. The van der Waals surface area contributed by atoms with Gasteiger partial charge in [0.1, 0.15) is 0 Å². The van der Waals surface area contributed by atoms with Gasteiger partial charge in [0, 0.05) is 0 Å². The Kier molecular flexibility index (Phi) is 8.21. The van der Waals surface area contributed by atoms with Crippen molar-refractivity contribution in [2.75, 3.05) is 0 Å². The van der Waals surface area contributed by atoms with Crippen LogP contribution in [0, 0.1) is 0 Å². The summed E-state index contributed by atoms with van der Waals surface area (Å²) >= 11 is 0. The standard InChI is InChI=1S/C12H18O/c1-3-4-5-6-7-8-9-10-11-12(2)13/h6-11H,3-5H2,1-2H3/b7-6+,9-8+,11-10+. The molecule has 0 heterocycles. The lowest BCUT2D eigenvalue weighted by atomic mass is 10.2. The molecule has 0 aliphatic carbocycles. The molecule has 0 spiro atoms. The van der Waals surface area contributed by atoms with E-state index in [1.165, 1.54) is 12.8 Å². The second-order valence-electron chi connectivity index (χ2n) is 2.93. The maximum Gasteiger partial charge on any atom is 0.152 e. The van der Waals surface area contributed by atoms with Gasteiger partial charge in [-0.3, -0.25) is 4.79 Å². The Labute approximate surface area is 80.8 Å². The van der Waals surface area contributed by atoms with Gasteiger partial charge >= 0.3 is 0 Å². The molecule has 0 amide bonds. The van der Waals surface area contributed by atoms with Gasteiger partial charge in [0.05, 0.1) is 0 Å². The number of ketones is 1. The van der Waals surface area contributed by atoms with E-state index in [-0.39, 0.29) is 5.78 Å². The fourth-order valence-electron chi connectivity index (χ4n) is 0.816. The summed E-state index contributed by atoms with van der Waals surface area (Å²) in [6.45, 7) is 3.72. The second-order valence-corrected chi connectivity index (χ2v) is 2.93. The molecule has 0 saturated heterocycles. The molecule has 0 aromatic heterocycles. The van der Waals surface area contributed by atoms with Crippen molar-refractivity contribution >= 4 is 5.78 Å². The Bertz CT molecular complexity index is 209. The fraction of sp³-hybridized carbons (Fsp3) is 0.417. The third-order valence-corrected chi connectivity index (χ3v) is 1.52. The van der Waals surface area contributed by atoms with Crippen LogP contribution in [0.3, 0.4) is 0 Å². The molecule has 0 atom stereocenters. The lowest BCUT2D eigenvalue weighted by Crippen LogP contribution is -1.77. The number of hydrogen-bond acceptors (Lipinski definition) is 1. The highest BCUT2D eigenvalue weighted by Crippen LogP contribution is 1.94. The van der Waals surface area contributed by atoms with Crippen molar-refractivity contribution in [2.24, 2.45) is 0 Å². The molecule has 13 heavy (non-hydrogen) atoms. The summed E-state index contributed by atoms with van der Waals surface area (Å²) in [5, 5.41) is 0. The Hall–Kier alpha value is -1.11. The molecule has 1 nitrogen and oxygen atoms in total. The highest BCUT2D eigenvalue weighted by atomic mass is 16.1. The lowest BCUT2D eigenvalue weighted by molar-refractivity contribution is -0.112. The monoisotopic (exact) mass is 178 g/mol. The van der Waals surface area contributed by atoms with Crippen LogP contribution < -0.4 is 0 Å². The molecule has 0 aliphatic rings. The minimum atomic E-state index is 0.0830. The van der Waals surface area contributed by atoms with Crippen molar-refractivity contribution in [2.45, 2.75) is 33.1 Å². The quantitative estimate of drug-likeness (QED) is 0.346. The lowest BCUT2D eigenvalue weighted by Gasteiger charge is -1.85. The van der Waals surface area contributed by atoms with Crippen molar-refractivity contribution in [3.05, 3.63) is 36.5 Å². The molecule has 0 aromatic rings. The van der Waals surface area contributed by atoms with E-state index in [1.807, 2.05) is 18.2 Å². The molecule has 0 rings (SSSR count). The maximum absolute atomic E-state index is 10.5. The van der Waals surface area contributed by atoms with Gasteiger partial charge in [0.2, 0.25) is 0 Å². The first kappa shape index (κ1) is 11.9. The van der Waals surface area contributed by atoms with E-state index in [4.69, 9.17) is 0 Å². The van der Waals surface area contributed by atoms with E-state index in [0.717, 1.165) is 6.42 Å². The highest BCUT2D eigenvalue weighted by molar-refractivity contribution is 5.87. The van der Waals surface area contributed by atoms with Gasteiger partial charge in [-0.1, -0.05) is 50.1 Å². The zero-order valence-corrected chi connectivity index (χ0v) is 8.49. The summed E-state index contributed by atoms with van der Waals surface area (Å²) in [5.74, 6) is 0.0830. The van der Waals surface area contributed by atoms with Gasteiger partial charge in [-0.25, -0.2) is 0 Å². The van der Waals surface area contributed by atoms with E-state index in [0.29, 0.717) is 0 Å². The van der Waals surface area contributed by atoms with Gasteiger partial charge in [-0.05, 0) is 19.4 Å². The molecule has 0 N–H and O–H groups in total. The van der Waals surface area contributed by atoms with Gasteiger partial charge in [-0.2, -0.15) is 0 Å². The smallest absolute Gasteiger partial charge is 0.152 e. The number of carbonyl (C=O) groups excluding carboxylic acids is 1. The highest BCUT2D eigenvalue weighted by Gasteiger charge is 1.76. The van der Waals surface area contributed by atoms with E-state index in [1.54, 1.807) is 19.1 Å². The van der Waals surface area contributed by atoms with Gasteiger partial charge < -0.3 is 0 Å². The topological polar surface area (TPSA) is 17.1 Å². The van der Waals surface area contributed by atoms with Crippen molar-refractivity contribution in [3.63, 3.8) is 0 Å². The minimum absolute atomic E-state index is 0.0830. The van der Waals surface area contributed by atoms with Crippen LogP contribution >= 0.6 is 0 Å². The van der Waals surface area contributed by atoms with Crippen molar-refractivity contribution < 1.29 is 4.79 Å². The zero-order valence-electron chi connectivity index (χ0n) is 8.49. The normalized spacial score (nSPS) is 12.2. The molecule has 0 radical (unpaired) electrons. The predicted molar refractivity (Wildman–Crippen MR) is 57.6 cm³/mol. The van der Waals surface area contributed by atoms with Gasteiger partial charge in [-0.15, -0.1) is 0 Å². The number of rotatable bonds is 6. The van der Waals surface area contributed by atoms with Crippen LogP contribution in [0.5, 0.6) is 0 Å². The summed E-state index contributed by atoms with van der Waals surface area (Å²) in [5.41, 5.74) is 0. The maximum atomic E-state index is 10.5. The predicted octanol–water partition coefficient (Wildman–Crippen LogP) is 3.43. The van der Waals surface area contributed by atoms with Crippen LogP contribution in [0.15, 0.2) is 36.5 Å². The molecule has 0 saturated carbocycles. The average molecular weight is 178 g/mol. The van der Waals surface area contributed by atoms with Crippen molar-refractivity contribution in [3.8, 4) is 0 Å². The first-order valence-electron chi connectivity index (χ1n) is 4.77. The van der Waals surface area contributed by atoms with E-state index in [9.17, 15) is 4.79 Å². The molecular formula is C12H18O. The zero-order chi connectivity index (χ0) is 9.94. The first-order valence-corrected chi connectivity index (χ1v) is 4.77. The van der Waals surface area contributed by atoms with E-state index < -0.39 is 0 Å². The molecule has 0 bridgehead atoms. The summed E-state index contributed by atoms with van der Waals surface area (Å²) in [6.07, 6.45) is 14.9. The molecule has 0 aliphatic heterocycles. The average Bonchev–Trinajstić information content (AvgIpc) is 2.09. The van der Waals surface area contributed by atoms with Crippen LogP contribution in [-0.4, -0.2) is 5.78 Å². The summed E-state index contributed by atoms with van der Waals surface area (Å²) < 4.78 is 0. The number of hydrogen-bond donors (Lipinski definition) is 0. The molecular weight excluding hydrogens is 160 g/mol. The van der Waals surface area contributed by atoms with Crippen LogP contribution in [0.1, 0.15) is 33.1 Å². The van der Waals surface area contributed by atoms with Crippen molar-refractivity contribution in [1.82, 2.24) is 0 Å². The van der Waals surface area contributed by atoms with Crippen LogP contribution in [0.2, 0.25) is 0 Å². The summed E-state index contributed by atoms with van der Waals surface area (Å²) in [6, 6.07) is 0. The Morgan fingerprint density at radius 3 is 2.46 bits per heavy atom. The van der Waals surface area contributed by atoms with Crippen LogP contribution in [0.25, 0.3) is 0 Å². The Balaban J connectivity index is 3.51. The van der Waals surface area contributed by atoms with Crippen LogP contribution in [0.4, 0.5) is 0 Å². The Morgan fingerprint density at radius 1 is 1.15 bits per heavy atom. The molecule has 0 fully saturated rings. The summed E-state index contributed by atoms with van der Waals surface area (Å²) in [4.78, 5) is 10.5. The van der Waals surface area contributed by atoms with Crippen LogP contribution in [-0.2, 0) is 4.79 Å². The van der Waals surface area contributed by atoms with Crippen molar-refractivity contribution in [1.29, 1.82) is 0 Å². The Morgan fingerprint density at radius 2 is 1.85 bits per heavy atom. The summed E-state index contributed by atoms with van der Waals surface area (Å²) in [7, 11) is 0. The number of unbranched alkanes of at least 4 members (excludes halogenated alkanes) is 2. The van der Waals surface area contributed by atoms with Gasteiger partial charge in [0.15, 0.2) is 5.78 Å². The van der Waals surface area contributed by atoms with Gasteiger partial charge in [0.25, 0.3) is 0 Å². The third-order valence-electron chi connectivity index (χ3n) is 1.52. The fourth-order valence-corrected chi connectivity index (χ4v) is 0.816. The van der Waals surface area contributed by atoms with E-state index >= 15 is 0 Å². The number of carbonyl (C=O) groups is 1. The molecule has 72 valence electrons. The SMILES string of the molecule is CCCC/C=C/C=C/C=C/C(C)=O. The van der Waals surface area contributed by atoms with E-state index in [2.05, 4.69) is 13.0 Å². The largest absolute Gasteiger partial charge is 0.295 e. The second kappa shape index (κ2) is 8.98. The molecule has 1 heteroatoms. The number of allylic oxidation sites excluding steroid dienone is 6.